The number of halogens is 1. The van der Waals surface area contributed by atoms with Crippen LogP contribution in [0.25, 0.3) is 11.4 Å². The molecule has 0 atom stereocenters. The summed E-state index contributed by atoms with van der Waals surface area (Å²) in [7, 11) is 0. The highest BCUT2D eigenvalue weighted by atomic mass is 32.1. The maximum atomic E-state index is 14.6. The van der Waals surface area contributed by atoms with Gasteiger partial charge >= 0.3 is 0 Å². The van der Waals surface area contributed by atoms with Crippen LogP contribution in [0.15, 0.2) is 24.3 Å². The first-order chi connectivity index (χ1) is 15.6. The lowest BCUT2D eigenvalue weighted by molar-refractivity contribution is -0.123. The number of aromatic nitrogens is 3. The fourth-order valence-electron chi connectivity index (χ4n) is 3.71. The van der Waals surface area contributed by atoms with Crippen molar-refractivity contribution < 1.29 is 14.0 Å². The van der Waals surface area contributed by atoms with E-state index in [4.69, 9.17) is 0 Å². The van der Waals surface area contributed by atoms with E-state index in [0.29, 0.717) is 26.8 Å². The Bertz CT molecular complexity index is 1210. The third kappa shape index (κ3) is 4.98. The van der Waals surface area contributed by atoms with Gasteiger partial charge in [-0.2, -0.15) is 0 Å². The van der Waals surface area contributed by atoms with Crippen molar-refractivity contribution in [3.63, 3.8) is 0 Å². The van der Waals surface area contributed by atoms with E-state index >= 15 is 0 Å². The van der Waals surface area contributed by atoms with E-state index in [-0.39, 0.29) is 11.6 Å². The Labute approximate surface area is 196 Å². The SMILES string of the molecule is Cc1cc(NC(=O)C(C)(C)C)sc1C(=O)Nc1cc(-c2nnc3n2CCCCC3)ccc1F. The summed E-state index contributed by atoms with van der Waals surface area (Å²) in [6, 6.07) is 6.34. The number of benzene rings is 1. The van der Waals surface area contributed by atoms with Gasteiger partial charge in [-0.3, -0.25) is 9.59 Å². The molecule has 0 spiro atoms. The maximum Gasteiger partial charge on any atom is 0.266 e. The Morgan fingerprint density at radius 2 is 1.88 bits per heavy atom. The second-order valence-corrected chi connectivity index (χ2v) is 10.4. The highest BCUT2D eigenvalue weighted by molar-refractivity contribution is 7.18. The number of hydrogen-bond acceptors (Lipinski definition) is 5. The Balaban J connectivity index is 1.56. The summed E-state index contributed by atoms with van der Waals surface area (Å²) >= 11 is 1.17. The highest BCUT2D eigenvalue weighted by Crippen LogP contribution is 2.31. The molecule has 2 amide bonds. The molecule has 0 fully saturated rings. The van der Waals surface area contributed by atoms with Crippen LogP contribution >= 0.6 is 11.3 Å². The van der Waals surface area contributed by atoms with Crippen molar-refractivity contribution >= 4 is 33.8 Å². The fraction of sp³-hybridized carbons (Fsp3) is 0.417. The number of carbonyl (C=O) groups is 2. The number of hydrogen-bond donors (Lipinski definition) is 2. The van der Waals surface area contributed by atoms with Crippen LogP contribution in [0.1, 0.15) is 61.1 Å². The smallest absolute Gasteiger partial charge is 0.266 e. The van der Waals surface area contributed by atoms with Crippen molar-refractivity contribution in [1.29, 1.82) is 0 Å². The molecule has 0 aliphatic carbocycles. The van der Waals surface area contributed by atoms with Crippen molar-refractivity contribution in [2.45, 2.75) is 59.9 Å². The van der Waals surface area contributed by atoms with Crippen molar-refractivity contribution in [2.24, 2.45) is 5.41 Å². The van der Waals surface area contributed by atoms with E-state index in [2.05, 4.69) is 25.4 Å². The molecule has 3 heterocycles. The summed E-state index contributed by atoms with van der Waals surface area (Å²) in [6.07, 6.45) is 4.16. The standard InChI is InChI=1S/C24H28FN5O2S/c1-14-12-19(27-23(32)24(2,3)4)33-20(14)22(31)26-17-13-15(9-10-16(17)25)21-29-28-18-8-6-5-7-11-30(18)21/h9-10,12-13H,5-8,11H2,1-4H3,(H,26,31)(H,27,32). The molecule has 0 saturated carbocycles. The Hall–Kier alpha value is -3.07. The number of amides is 2. The van der Waals surface area contributed by atoms with E-state index < -0.39 is 17.1 Å². The van der Waals surface area contributed by atoms with Crippen LogP contribution in [-0.2, 0) is 17.8 Å². The average Bonchev–Trinajstić information content (AvgIpc) is 3.23. The van der Waals surface area contributed by atoms with Crippen LogP contribution in [0.5, 0.6) is 0 Å². The minimum absolute atomic E-state index is 0.0801. The Morgan fingerprint density at radius 1 is 1.09 bits per heavy atom. The molecule has 0 saturated heterocycles. The quantitative estimate of drug-likeness (QED) is 0.534. The zero-order valence-electron chi connectivity index (χ0n) is 19.3. The number of nitrogens with zero attached hydrogens (tertiary/aromatic N) is 3. The van der Waals surface area contributed by atoms with E-state index in [1.54, 1.807) is 25.1 Å². The lowest BCUT2D eigenvalue weighted by Gasteiger charge is -2.16. The number of thiophene rings is 1. The molecule has 0 unspecified atom stereocenters. The molecule has 33 heavy (non-hydrogen) atoms. The molecule has 4 rings (SSSR count). The highest BCUT2D eigenvalue weighted by Gasteiger charge is 2.24. The first-order valence-electron chi connectivity index (χ1n) is 11.1. The van der Waals surface area contributed by atoms with Gasteiger partial charge in [0.1, 0.15) is 11.6 Å². The Kier molecular flexibility index (Phi) is 6.34. The molecule has 1 aliphatic rings. The first-order valence-corrected chi connectivity index (χ1v) is 11.9. The number of fused-ring (bicyclic) bond motifs is 1. The van der Waals surface area contributed by atoms with Crippen molar-refractivity contribution in [3.05, 3.63) is 46.3 Å². The van der Waals surface area contributed by atoms with Crippen LogP contribution in [0, 0.1) is 18.2 Å². The molecule has 174 valence electrons. The van der Waals surface area contributed by atoms with Gasteiger partial charge < -0.3 is 15.2 Å². The molecule has 1 aromatic carbocycles. The van der Waals surface area contributed by atoms with Crippen molar-refractivity contribution in [1.82, 2.24) is 14.8 Å². The summed E-state index contributed by atoms with van der Waals surface area (Å²) in [6.45, 7) is 8.08. The predicted molar refractivity (Wildman–Crippen MR) is 128 cm³/mol. The summed E-state index contributed by atoms with van der Waals surface area (Å²) in [5, 5.41) is 14.7. The molecule has 7 nitrogen and oxygen atoms in total. The van der Waals surface area contributed by atoms with Gasteiger partial charge in [-0.1, -0.05) is 27.2 Å². The van der Waals surface area contributed by atoms with Crippen LogP contribution in [0.4, 0.5) is 15.1 Å². The molecule has 9 heteroatoms. The van der Waals surface area contributed by atoms with Crippen LogP contribution in [-0.4, -0.2) is 26.6 Å². The predicted octanol–water partition coefficient (Wildman–Crippen LogP) is 5.42. The molecule has 1 aliphatic heterocycles. The van der Waals surface area contributed by atoms with Gasteiger partial charge in [-0.15, -0.1) is 21.5 Å². The van der Waals surface area contributed by atoms with E-state index in [1.165, 1.54) is 17.4 Å². The zero-order chi connectivity index (χ0) is 23.8. The minimum atomic E-state index is -0.552. The second-order valence-electron chi connectivity index (χ2n) is 9.38. The average molecular weight is 470 g/mol. The Morgan fingerprint density at radius 3 is 2.64 bits per heavy atom. The van der Waals surface area contributed by atoms with Crippen LogP contribution < -0.4 is 10.6 Å². The molecule has 0 bridgehead atoms. The summed E-state index contributed by atoms with van der Waals surface area (Å²) in [5.41, 5.74) is 0.940. The van der Waals surface area contributed by atoms with E-state index in [0.717, 1.165) is 38.1 Å². The summed E-state index contributed by atoms with van der Waals surface area (Å²) < 4.78 is 16.7. The first kappa shape index (κ1) is 23.1. The third-order valence-corrected chi connectivity index (χ3v) is 6.78. The number of carbonyl (C=O) groups excluding carboxylic acids is 2. The fourth-order valence-corrected chi connectivity index (χ4v) is 4.67. The van der Waals surface area contributed by atoms with Gasteiger partial charge in [-0.25, -0.2) is 4.39 Å². The van der Waals surface area contributed by atoms with Crippen LogP contribution in [0.3, 0.4) is 0 Å². The van der Waals surface area contributed by atoms with Gasteiger partial charge in [0.25, 0.3) is 5.91 Å². The van der Waals surface area contributed by atoms with Gasteiger partial charge in [0, 0.05) is 23.9 Å². The van der Waals surface area contributed by atoms with Crippen molar-refractivity contribution in [3.8, 4) is 11.4 Å². The number of rotatable bonds is 4. The van der Waals surface area contributed by atoms with Gasteiger partial charge in [0.15, 0.2) is 5.82 Å². The van der Waals surface area contributed by atoms with E-state index in [9.17, 15) is 14.0 Å². The molecule has 2 aromatic heterocycles. The molecular weight excluding hydrogens is 441 g/mol. The number of aryl methyl sites for hydroxylation is 2. The number of anilines is 2. The largest absolute Gasteiger partial charge is 0.319 e. The monoisotopic (exact) mass is 469 g/mol. The molecule has 2 N–H and O–H groups in total. The summed E-state index contributed by atoms with van der Waals surface area (Å²) in [5.74, 6) is 0.531. The normalized spacial score (nSPS) is 13.8. The van der Waals surface area contributed by atoms with Gasteiger partial charge in [0.05, 0.1) is 15.6 Å². The topological polar surface area (TPSA) is 88.9 Å². The molecule has 0 radical (unpaired) electrons. The zero-order valence-corrected chi connectivity index (χ0v) is 20.1. The second kappa shape index (κ2) is 9.05. The van der Waals surface area contributed by atoms with Crippen molar-refractivity contribution in [2.75, 3.05) is 10.6 Å². The lowest BCUT2D eigenvalue weighted by atomic mass is 9.96. The maximum absolute atomic E-state index is 14.6. The van der Waals surface area contributed by atoms with Crippen LogP contribution in [0.2, 0.25) is 0 Å². The number of nitrogens with one attached hydrogen (secondary N) is 2. The van der Waals surface area contributed by atoms with Gasteiger partial charge in [-0.05, 0) is 49.6 Å². The third-order valence-electron chi connectivity index (χ3n) is 5.62. The molecular formula is C24H28FN5O2S. The molecule has 3 aromatic rings. The summed E-state index contributed by atoms with van der Waals surface area (Å²) in [4.78, 5) is 25.6. The minimum Gasteiger partial charge on any atom is -0.319 e. The van der Waals surface area contributed by atoms with E-state index in [1.807, 2.05) is 20.8 Å². The lowest BCUT2D eigenvalue weighted by Crippen LogP contribution is -2.27. The van der Waals surface area contributed by atoms with Gasteiger partial charge in [0.2, 0.25) is 5.91 Å².